The first-order valence-corrected chi connectivity index (χ1v) is 7.40. The van der Waals surface area contributed by atoms with Crippen molar-refractivity contribution in [1.29, 1.82) is 0 Å². The van der Waals surface area contributed by atoms with Crippen LogP contribution in [0.3, 0.4) is 0 Å². The van der Waals surface area contributed by atoms with Gasteiger partial charge in [-0.1, -0.05) is 31.2 Å². The summed E-state index contributed by atoms with van der Waals surface area (Å²) in [4.78, 5) is 0. The molecule has 0 aliphatic heterocycles. The van der Waals surface area contributed by atoms with Crippen LogP contribution in [0, 0.1) is 6.92 Å². The van der Waals surface area contributed by atoms with E-state index in [1.54, 1.807) is 6.20 Å². The fourth-order valence-electron chi connectivity index (χ4n) is 2.64. The highest BCUT2D eigenvalue weighted by molar-refractivity contribution is 5.39. The van der Waals surface area contributed by atoms with Crippen LogP contribution in [0.15, 0.2) is 54.7 Å². The molecule has 2 aromatic carbocycles. The number of ether oxygens (including phenoxy) is 1. The highest BCUT2D eigenvalue weighted by Gasteiger charge is 2.12. The van der Waals surface area contributed by atoms with Crippen molar-refractivity contribution >= 4 is 0 Å². The average Bonchev–Trinajstić information content (AvgIpc) is 3.01. The largest absolute Gasteiger partial charge is 0.457 e. The third-order valence-corrected chi connectivity index (χ3v) is 3.73. The van der Waals surface area contributed by atoms with Gasteiger partial charge < -0.3 is 4.74 Å². The number of para-hydroxylation sites is 1. The zero-order valence-corrected chi connectivity index (χ0v) is 12.8. The molecule has 3 aromatic rings. The summed E-state index contributed by atoms with van der Waals surface area (Å²) in [5.41, 5.74) is 3.52. The van der Waals surface area contributed by atoms with Gasteiger partial charge >= 0.3 is 0 Å². The van der Waals surface area contributed by atoms with Crippen LogP contribution in [0.1, 0.15) is 29.7 Å². The maximum Gasteiger partial charge on any atom is 0.127 e. The first kappa shape index (κ1) is 14.3. The minimum absolute atomic E-state index is 0.385. The topological polar surface area (TPSA) is 50.8 Å². The smallest absolute Gasteiger partial charge is 0.127 e. The molecular weight excluding hydrogens is 274 g/mol. The van der Waals surface area contributed by atoms with Crippen molar-refractivity contribution < 1.29 is 4.74 Å². The van der Waals surface area contributed by atoms with Gasteiger partial charge in [-0.2, -0.15) is 15.4 Å². The van der Waals surface area contributed by atoms with E-state index in [9.17, 15) is 0 Å². The summed E-state index contributed by atoms with van der Waals surface area (Å²) >= 11 is 0. The van der Waals surface area contributed by atoms with Crippen LogP contribution in [-0.2, 0) is 6.42 Å². The molecule has 0 fully saturated rings. The Morgan fingerprint density at radius 2 is 1.91 bits per heavy atom. The molecule has 0 saturated carbocycles. The number of H-pyrrole nitrogens is 1. The number of nitrogens with one attached hydrogen (secondary N) is 1. The molecule has 0 spiro atoms. The van der Waals surface area contributed by atoms with Crippen LogP contribution in [-0.4, -0.2) is 15.4 Å². The average molecular weight is 293 g/mol. The zero-order valence-electron chi connectivity index (χ0n) is 12.8. The van der Waals surface area contributed by atoms with Crippen molar-refractivity contribution in [2.24, 2.45) is 0 Å². The van der Waals surface area contributed by atoms with E-state index in [1.807, 2.05) is 36.4 Å². The molecule has 0 aliphatic rings. The van der Waals surface area contributed by atoms with E-state index in [4.69, 9.17) is 4.74 Å². The van der Waals surface area contributed by atoms with Crippen LogP contribution in [0.2, 0.25) is 0 Å². The summed E-state index contributed by atoms with van der Waals surface area (Å²) in [5.74, 6) is 2.10. The maximum absolute atomic E-state index is 5.87. The molecular formula is C18H19N3O. The van der Waals surface area contributed by atoms with E-state index < -0.39 is 0 Å². The number of benzene rings is 2. The molecule has 112 valence electrons. The molecule has 1 N–H and O–H groups in total. The predicted molar refractivity (Wildman–Crippen MR) is 86.2 cm³/mol. The fourth-order valence-corrected chi connectivity index (χ4v) is 2.64. The Bertz CT molecular complexity index is 723. The molecule has 0 amide bonds. The van der Waals surface area contributed by atoms with E-state index in [0.717, 1.165) is 23.6 Å². The minimum Gasteiger partial charge on any atom is -0.457 e. The Balaban J connectivity index is 1.74. The van der Waals surface area contributed by atoms with Gasteiger partial charge in [0.05, 0.1) is 11.9 Å². The van der Waals surface area contributed by atoms with Gasteiger partial charge in [-0.25, -0.2) is 0 Å². The van der Waals surface area contributed by atoms with E-state index in [1.165, 1.54) is 11.1 Å². The maximum atomic E-state index is 5.87. The van der Waals surface area contributed by atoms with Crippen molar-refractivity contribution in [3.05, 3.63) is 71.5 Å². The summed E-state index contributed by atoms with van der Waals surface area (Å²) in [6.45, 7) is 4.32. The van der Waals surface area contributed by atoms with Gasteiger partial charge in [-0.15, -0.1) is 0 Å². The van der Waals surface area contributed by atoms with Crippen LogP contribution < -0.4 is 4.74 Å². The van der Waals surface area contributed by atoms with Crippen molar-refractivity contribution in [3.63, 3.8) is 0 Å². The molecule has 3 rings (SSSR count). The molecule has 0 saturated heterocycles. The predicted octanol–water partition coefficient (Wildman–Crippen LogP) is 4.25. The molecule has 0 radical (unpaired) electrons. The highest BCUT2D eigenvalue weighted by atomic mass is 16.5. The fraction of sp³-hybridized carbons (Fsp3) is 0.222. The molecule has 1 unspecified atom stereocenters. The molecule has 1 atom stereocenters. The number of aromatic amines is 1. The lowest BCUT2D eigenvalue weighted by Crippen LogP contribution is -2.01. The highest BCUT2D eigenvalue weighted by Crippen LogP contribution is 2.28. The minimum atomic E-state index is 0.385. The lowest BCUT2D eigenvalue weighted by molar-refractivity contribution is 0.482. The molecule has 4 heteroatoms. The van der Waals surface area contributed by atoms with Crippen molar-refractivity contribution in [1.82, 2.24) is 15.4 Å². The SMILES string of the molecule is Cc1cc(Oc2ccccc2)ccc1C(C)Cc1cn[nH]n1. The third-order valence-electron chi connectivity index (χ3n) is 3.73. The Morgan fingerprint density at radius 3 is 2.59 bits per heavy atom. The number of rotatable bonds is 5. The lowest BCUT2D eigenvalue weighted by Gasteiger charge is -2.15. The first-order valence-electron chi connectivity index (χ1n) is 7.40. The number of nitrogens with zero attached hydrogens (tertiary/aromatic N) is 2. The van der Waals surface area contributed by atoms with E-state index in [-0.39, 0.29) is 0 Å². The van der Waals surface area contributed by atoms with Gasteiger partial charge in [0.1, 0.15) is 11.5 Å². The number of aromatic nitrogens is 3. The Hall–Kier alpha value is -2.62. The van der Waals surface area contributed by atoms with Gasteiger partial charge in [0.2, 0.25) is 0 Å². The van der Waals surface area contributed by atoms with E-state index in [2.05, 4.69) is 41.4 Å². The van der Waals surface area contributed by atoms with Gasteiger partial charge in [0, 0.05) is 0 Å². The Labute approximate surface area is 130 Å². The van der Waals surface area contributed by atoms with Crippen LogP contribution in [0.5, 0.6) is 11.5 Å². The lowest BCUT2D eigenvalue weighted by atomic mass is 9.92. The van der Waals surface area contributed by atoms with Gasteiger partial charge in [-0.05, 0) is 54.7 Å². The quantitative estimate of drug-likeness (QED) is 0.765. The van der Waals surface area contributed by atoms with E-state index in [0.29, 0.717) is 5.92 Å². The second-order valence-corrected chi connectivity index (χ2v) is 5.50. The summed E-state index contributed by atoms with van der Waals surface area (Å²) in [7, 11) is 0. The Morgan fingerprint density at radius 1 is 1.09 bits per heavy atom. The van der Waals surface area contributed by atoms with Crippen molar-refractivity contribution in [2.45, 2.75) is 26.2 Å². The molecule has 0 aliphatic carbocycles. The molecule has 1 aromatic heterocycles. The molecule has 0 bridgehead atoms. The standard InChI is InChI=1S/C18H19N3O/c1-13(10-15-12-19-21-20-15)18-9-8-17(11-14(18)2)22-16-6-4-3-5-7-16/h3-9,11-13H,10H2,1-2H3,(H,19,20,21). The van der Waals surface area contributed by atoms with Crippen LogP contribution >= 0.6 is 0 Å². The van der Waals surface area contributed by atoms with Crippen LogP contribution in [0.4, 0.5) is 0 Å². The number of hydrogen-bond donors (Lipinski definition) is 1. The summed E-state index contributed by atoms with van der Waals surface area (Å²) in [6, 6.07) is 16.1. The summed E-state index contributed by atoms with van der Waals surface area (Å²) < 4.78 is 5.87. The molecule has 22 heavy (non-hydrogen) atoms. The second-order valence-electron chi connectivity index (χ2n) is 5.50. The number of aryl methyl sites for hydroxylation is 1. The van der Waals surface area contributed by atoms with Crippen molar-refractivity contribution in [3.8, 4) is 11.5 Å². The third kappa shape index (κ3) is 3.34. The monoisotopic (exact) mass is 293 g/mol. The summed E-state index contributed by atoms with van der Waals surface area (Å²) in [6.07, 6.45) is 2.65. The normalized spacial score (nSPS) is 12.1. The second kappa shape index (κ2) is 6.43. The molecule has 1 heterocycles. The van der Waals surface area contributed by atoms with Gasteiger partial charge in [0.25, 0.3) is 0 Å². The zero-order chi connectivity index (χ0) is 15.4. The first-order chi connectivity index (χ1) is 10.7. The Kier molecular flexibility index (Phi) is 4.19. The molecule has 4 nitrogen and oxygen atoms in total. The van der Waals surface area contributed by atoms with Gasteiger partial charge in [-0.3, -0.25) is 0 Å². The van der Waals surface area contributed by atoms with Gasteiger partial charge in [0.15, 0.2) is 0 Å². The van der Waals surface area contributed by atoms with E-state index >= 15 is 0 Å². The van der Waals surface area contributed by atoms with Crippen molar-refractivity contribution in [2.75, 3.05) is 0 Å². The summed E-state index contributed by atoms with van der Waals surface area (Å²) in [5, 5.41) is 10.6. The van der Waals surface area contributed by atoms with Crippen LogP contribution in [0.25, 0.3) is 0 Å². The number of hydrogen-bond acceptors (Lipinski definition) is 3.